The minimum atomic E-state index is -0.713. The first-order valence-corrected chi connectivity index (χ1v) is 8.49. The highest BCUT2D eigenvalue weighted by molar-refractivity contribution is 5.96. The summed E-state index contributed by atoms with van der Waals surface area (Å²) in [6.07, 6.45) is 1.51. The summed E-state index contributed by atoms with van der Waals surface area (Å²) in [5.74, 6) is -0.355. The number of nitrogens with one attached hydrogen (secondary N) is 2. The van der Waals surface area contributed by atoms with Gasteiger partial charge in [0.15, 0.2) is 6.61 Å². The van der Waals surface area contributed by atoms with E-state index >= 15 is 0 Å². The maximum absolute atomic E-state index is 12.0. The first-order chi connectivity index (χ1) is 13.0. The molecule has 144 valence electrons. The Morgan fingerprint density at radius 1 is 1.15 bits per heavy atom. The Morgan fingerprint density at radius 2 is 1.89 bits per heavy atom. The number of carbonyl (C=O) groups is 3. The molecule has 2 rings (SSSR count). The molecule has 1 heterocycles. The molecule has 8 heteroatoms. The summed E-state index contributed by atoms with van der Waals surface area (Å²) in [6.45, 7) is 3.36. The van der Waals surface area contributed by atoms with Crippen molar-refractivity contribution < 1.29 is 28.3 Å². The SMILES string of the molecule is CCOc1ccc(C(=O)NCC(=O)OCC(=O)N[C@@H](C)c2ccco2)cc1. The molecule has 0 saturated carbocycles. The van der Waals surface area contributed by atoms with Gasteiger partial charge in [0.1, 0.15) is 18.1 Å². The lowest BCUT2D eigenvalue weighted by atomic mass is 10.2. The van der Waals surface area contributed by atoms with Gasteiger partial charge in [-0.15, -0.1) is 0 Å². The van der Waals surface area contributed by atoms with Crippen molar-refractivity contribution in [3.8, 4) is 5.75 Å². The number of carbonyl (C=O) groups excluding carboxylic acids is 3. The zero-order chi connectivity index (χ0) is 19.6. The number of esters is 1. The van der Waals surface area contributed by atoms with E-state index in [1.807, 2.05) is 6.92 Å². The predicted molar refractivity (Wildman–Crippen MR) is 96.2 cm³/mol. The molecule has 2 aromatic rings. The van der Waals surface area contributed by atoms with Crippen molar-refractivity contribution in [2.24, 2.45) is 0 Å². The molecule has 0 saturated heterocycles. The molecule has 0 spiro atoms. The summed E-state index contributed by atoms with van der Waals surface area (Å²) in [6, 6.07) is 9.62. The highest BCUT2D eigenvalue weighted by Crippen LogP contribution is 2.12. The number of rotatable bonds is 9. The van der Waals surface area contributed by atoms with Gasteiger partial charge in [0, 0.05) is 5.56 Å². The van der Waals surface area contributed by atoms with Crippen molar-refractivity contribution in [3.05, 3.63) is 54.0 Å². The predicted octanol–water partition coefficient (Wildman–Crippen LogP) is 1.83. The van der Waals surface area contributed by atoms with Crippen LogP contribution in [0.25, 0.3) is 0 Å². The fraction of sp³-hybridized carbons (Fsp3) is 0.316. The summed E-state index contributed by atoms with van der Waals surface area (Å²) in [5, 5.41) is 5.07. The molecule has 8 nitrogen and oxygen atoms in total. The number of hydrogen-bond donors (Lipinski definition) is 2. The van der Waals surface area contributed by atoms with Crippen LogP contribution in [0.5, 0.6) is 5.75 Å². The second kappa shape index (κ2) is 10.0. The normalized spacial score (nSPS) is 11.3. The smallest absolute Gasteiger partial charge is 0.325 e. The fourth-order valence-electron chi connectivity index (χ4n) is 2.21. The van der Waals surface area contributed by atoms with E-state index < -0.39 is 24.4 Å². The topological polar surface area (TPSA) is 107 Å². The summed E-state index contributed by atoms with van der Waals surface area (Å²) >= 11 is 0. The van der Waals surface area contributed by atoms with Crippen LogP contribution in [-0.2, 0) is 14.3 Å². The van der Waals surface area contributed by atoms with Crippen molar-refractivity contribution in [1.29, 1.82) is 0 Å². The van der Waals surface area contributed by atoms with E-state index in [0.717, 1.165) is 0 Å². The van der Waals surface area contributed by atoms with Crippen LogP contribution >= 0.6 is 0 Å². The summed E-state index contributed by atoms with van der Waals surface area (Å²) < 4.78 is 15.3. The Kier molecular flexibility index (Phi) is 7.42. The molecule has 0 fully saturated rings. The fourth-order valence-corrected chi connectivity index (χ4v) is 2.21. The average Bonchev–Trinajstić information content (AvgIpc) is 3.20. The minimum absolute atomic E-state index is 0.340. The number of furan rings is 1. The van der Waals surface area contributed by atoms with Crippen LogP contribution in [0.15, 0.2) is 47.1 Å². The molecule has 0 aliphatic rings. The molecular formula is C19H22N2O6. The molecule has 0 aliphatic heterocycles. The Morgan fingerprint density at radius 3 is 2.52 bits per heavy atom. The molecule has 1 atom stereocenters. The van der Waals surface area contributed by atoms with E-state index in [2.05, 4.69) is 10.6 Å². The van der Waals surface area contributed by atoms with Gasteiger partial charge in [0.25, 0.3) is 11.8 Å². The second-order valence-corrected chi connectivity index (χ2v) is 5.61. The van der Waals surface area contributed by atoms with Gasteiger partial charge >= 0.3 is 5.97 Å². The van der Waals surface area contributed by atoms with Gasteiger partial charge in [0.2, 0.25) is 0 Å². The first kappa shape index (κ1) is 20.0. The zero-order valence-electron chi connectivity index (χ0n) is 15.2. The molecule has 0 aliphatic carbocycles. The lowest BCUT2D eigenvalue weighted by Gasteiger charge is -2.11. The molecule has 2 N–H and O–H groups in total. The zero-order valence-corrected chi connectivity index (χ0v) is 15.2. The lowest BCUT2D eigenvalue weighted by molar-refractivity contribution is -0.147. The van der Waals surface area contributed by atoms with Gasteiger partial charge in [0.05, 0.1) is 18.9 Å². The van der Waals surface area contributed by atoms with Crippen molar-refractivity contribution >= 4 is 17.8 Å². The largest absolute Gasteiger partial charge is 0.494 e. The third-order valence-corrected chi connectivity index (χ3v) is 3.53. The molecular weight excluding hydrogens is 352 g/mol. The Bertz CT molecular complexity index is 755. The number of benzene rings is 1. The van der Waals surface area contributed by atoms with E-state index in [9.17, 15) is 14.4 Å². The van der Waals surface area contributed by atoms with Crippen molar-refractivity contribution in [1.82, 2.24) is 10.6 Å². The Labute approximate surface area is 156 Å². The van der Waals surface area contributed by atoms with Gasteiger partial charge in [-0.2, -0.15) is 0 Å². The third kappa shape index (κ3) is 6.50. The lowest BCUT2D eigenvalue weighted by Crippen LogP contribution is -2.34. The summed E-state index contributed by atoms with van der Waals surface area (Å²) in [7, 11) is 0. The monoisotopic (exact) mass is 374 g/mol. The Hall–Kier alpha value is -3.29. The van der Waals surface area contributed by atoms with Crippen LogP contribution in [0.2, 0.25) is 0 Å². The van der Waals surface area contributed by atoms with E-state index in [4.69, 9.17) is 13.9 Å². The average molecular weight is 374 g/mol. The van der Waals surface area contributed by atoms with Gasteiger partial charge in [-0.25, -0.2) is 0 Å². The summed E-state index contributed by atoms with van der Waals surface area (Å²) in [5.41, 5.74) is 0.385. The van der Waals surface area contributed by atoms with Crippen molar-refractivity contribution in [2.45, 2.75) is 19.9 Å². The number of hydrogen-bond acceptors (Lipinski definition) is 6. The molecule has 0 bridgehead atoms. The van der Waals surface area contributed by atoms with E-state index in [1.165, 1.54) is 6.26 Å². The third-order valence-electron chi connectivity index (χ3n) is 3.53. The van der Waals surface area contributed by atoms with Gasteiger partial charge in [-0.05, 0) is 50.2 Å². The van der Waals surface area contributed by atoms with E-state index in [1.54, 1.807) is 43.3 Å². The summed E-state index contributed by atoms with van der Waals surface area (Å²) in [4.78, 5) is 35.4. The first-order valence-electron chi connectivity index (χ1n) is 8.49. The van der Waals surface area contributed by atoms with Gasteiger partial charge < -0.3 is 24.5 Å². The van der Waals surface area contributed by atoms with Crippen LogP contribution in [0.3, 0.4) is 0 Å². The molecule has 27 heavy (non-hydrogen) atoms. The van der Waals surface area contributed by atoms with Gasteiger partial charge in [-0.3, -0.25) is 14.4 Å². The maximum atomic E-state index is 12.0. The molecule has 0 unspecified atom stereocenters. The highest BCUT2D eigenvalue weighted by Gasteiger charge is 2.14. The van der Waals surface area contributed by atoms with Crippen LogP contribution in [0.1, 0.15) is 36.0 Å². The Balaban J connectivity index is 1.69. The standard InChI is InChI=1S/C19H22N2O6/c1-3-25-15-8-6-14(7-9-15)19(24)20-11-18(23)27-12-17(22)21-13(2)16-5-4-10-26-16/h4-10,13H,3,11-12H2,1-2H3,(H,20,24)(H,21,22)/t13-/m0/s1. The highest BCUT2D eigenvalue weighted by atomic mass is 16.5. The van der Waals surface area contributed by atoms with Gasteiger partial charge in [-0.1, -0.05) is 0 Å². The second-order valence-electron chi connectivity index (χ2n) is 5.61. The van der Waals surface area contributed by atoms with Crippen molar-refractivity contribution in [2.75, 3.05) is 19.8 Å². The van der Waals surface area contributed by atoms with Crippen LogP contribution in [0, 0.1) is 0 Å². The van der Waals surface area contributed by atoms with Crippen LogP contribution in [0.4, 0.5) is 0 Å². The van der Waals surface area contributed by atoms with E-state index in [-0.39, 0.29) is 12.6 Å². The molecule has 0 radical (unpaired) electrons. The number of amides is 2. The minimum Gasteiger partial charge on any atom is -0.494 e. The van der Waals surface area contributed by atoms with Crippen LogP contribution in [-0.4, -0.2) is 37.5 Å². The molecule has 1 aromatic heterocycles. The molecule has 2 amide bonds. The molecule has 1 aromatic carbocycles. The number of ether oxygens (including phenoxy) is 2. The van der Waals surface area contributed by atoms with E-state index in [0.29, 0.717) is 23.7 Å². The van der Waals surface area contributed by atoms with Crippen molar-refractivity contribution in [3.63, 3.8) is 0 Å². The maximum Gasteiger partial charge on any atom is 0.325 e. The quantitative estimate of drug-likeness (QED) is 0.649. The van der Waals surface area contributed by atoms with Crippen LogP contribution < -0.4 is 15.4 Å².